The lowest BCUT2D eigenvalue weighted by Crippen LogP contribution is -2.15. The van der Waals surface area contributed by atoms with Crippen LogP contribution in [0.1, 0.15) is 26.7 Å². The maximum absolute atomic E-state index is 11.7. The predicted molar refractivity (Wildman–Crippen MR) is 76.9 cm³/mol. The van der Waals surface area contributed by atoms with Crippen LogP contribution >= 0.6 is 34.2 Å². The molecule has 0 aliphatic carbocycles. The first-order chi connectivity index (χ1) is 7.52. The summed E-state index contributed by atoms with van der Waals surface area (Å²) in [5.74, 6) is 0.486. The van der Waals surface area contributed by atoms with Gasteiger partial charge in [0.25, 0.3) is 0 Å². The van der Waals surface area contributed by atoms with Crippen molar-refractivity contribution in [1.29, 1.82) is 0 Å². The molecule has 16 heavy (non-hydrogen) atoms. The van der Waals surface area contributed by atoms with Gasteiger partial charge in [-0.2, -0.15) is 0 Å². The Bertz CT molecular complexity index is 381. The molecule has 2 nitrogen and oxygen atoms in total. The Morgan fingerprint density at radius 3 is 2.81 bits per heavy atom. The number of benzene rings is 1. The van der Waals surface area contributed by atoms with Crippen molar-refractivity contribution in [3.63, 3.8) is 0 Å². The quantitative estimate of drug-likeness (QED) is 0.804. The van der Waals surface area contributed by atoms with E-state index in [1.54, 1.807) is 6.07 Å². The van der Waals surface area contributed by atoms with Crippen molar-refractivity contribution in [1.82, 2.24) is 0 Å². The van der Waals surface area contributed by atoms with Crippen LogP contribution in [0.2, 0.25) is 5.02 Å². The van der Waals surface area contributed by atoms with E-state index in [0.29, 0.717) is 17.4 Å². The fraction of sp³-hybridized carbons (Fsp3) is 0.417. The number of rotatable bonds is 4. The van der Waals surface area contributed by atoms with Gasteiger partial charge in [0.1, 0.15) is 0 Å². The Morgan fingerprint density at radius 1 is 1.56 bits per heavy atom. The molecule has 4 heteroatoms. The van der Waals surface area contributed by atoms with Gasteiger partial charge in [-0.25, -0.2) is 0 Å². The monoisotopic (exact) mass is 351 g/mol. The van der Waals surface area contributed by atoms with Crippen LogP contribution in [0.25, 0.3) is 0 Å². The number of anilines is 1. The van der Waals surface area contributed by atoms with E-state index < -0.39 is 0 Å². The number of hydrogen-bond acceptors (Lipinski definition) is 1. The smallest absolute Gasteiger partial charge is 0.224 e. The molecule has 1 unspecified atom stereocenters. The molecule has 1 atom stereocenters. The summed E-state index contributed by atoms with van der Waals surface area (Å²) in [6.45, 7) is 4.16. The molecule has 1 aromatic rings. The minimum Gasteiger partial charge on any atom is -0.325 e. The number of halogens is 2. The Hall–Kier alpha value is -0.290. The average Bonchev–Trinajstić information content (AvgIpc) is 2.22. The molecule has 0 heterocycles. The lowest BCUT2D eigenvalue weighted by Gasteiger charge is -2.10. The minimum atomic E-state index is 0.0644. The Balaban J connectivity index is 2.63. The summed E-state index contributed by atoms with van der Waals surface area (Å²) in [5, 5.41) is 3.58. The Morgan fingerprint density at radius 2 is 2.25 bits per heavy atom. The summed E-state index contributed by atoms with van der Waals surface area (Å²) in [7, 11) is 0. The van der Waals surface area contributed by atoms with Gasteiger partial charge < -0.3 is 5.32 Å². The van der Waals surface area contributed by atoms with E-state index in [0.717, 1.165) is 15.7 Å². The highest BCUT2D eigenvalue weighted by Crippen LogP contribution is 2.22. The van der Waals surface area contributed by atoms with Gasteiger partial charge in [-0.3, -0.25) is 4.79 Å². The van der Waals surface area contributed by atoms with Gasteiger partial charge in [0, 0.05) is 15.0 Å². The first-order valence-electron chi connectivity index (χ1n) is 5.27. The Kier molecular flexibility index (Phi) is 5.55. The number of carbonyl (C=O) groups excluding carboxylic acids is 1. The van der Waals surface area contributed by atoms with Crippen molar-refractivity contribution in [3.05, 3.63) is 26.8 Å². The first-order valence-corrected chi connectivity index (χ1v) is 6.73. The SMILES string of the molecule is CCC(C)CC(=O)Nc1ccc(Cl)cc1I. The third-order valence-corrected chi connectivity index (χ3v) is 3.56. The summed E-state index contributed by atoms with van der Waals surface area (Å²) in [6, 6.07) is 5.45. The molecular formula is C12H15ClINO. The Labute approximate surface area is 115 Å². The molecule has 1 aromatic carbocycles. The highest BCUT2D eigenvalue weighted by Gasteiger charge is 2.09. The summed E-state index contributed by atoms with van der Waals surface area (Å²) in [5.41, 5.74) is 0.832. The first kappa shape index (κ1) is 13.8. The zero-order chi connectivity index (χ0) is 12.1. The van der Waals surface area contributed by atoms with Crippen LogP contribution < -0.4 is 5.32 Å². The third kappa shape index (κ3) is 4.29. The van der Waals surface area contributed by atoms with E-state index in [9.17, 15) is 4.79 Å². The molecule has 0 saturated carbocycles. The number of nitrogens with one attached hydrogen (secondary N) is 1. The van der Waals surface area contributed by atoms with Crippen molar-refractivity contribution >= 4 is 45.8 Å². The molecule has 0 bridgehead atoms. The van der Waals surface area contributed by atoms with Gasteiger partial charge in [-0.1, -0.05) is 31.9 Å². The summed E-state index contributed by atoms with van der Waals surface area (Å²) in [4.78, 5) is 11.7. The predicted octanol–water partition coefficient (Wildman–Crippen LogP) is 4.32. The van der Waals surface area contributed by atoms with Crippen LogP contribution in [-0.2, 0) is 4.79 Å². The van der Waals surface area contributed by atoms with E-state index in [4.69, 9.17) is 11.6 Å². The second-order valence-electron chi connectivity index (χ2n) is 3.89. The maximum atomic E-state index is 11.7. The highest BCUT2D eigenvalue weighted by molar-refractivity contribution is 14.1. The van der Waals surface area contributed by atoms with E-state index in [1.807, 2.05) is 12.1 Å². The fourth-order valence-electron chi connectivity index (χ4n) is 1.25. The van der Waals surface area contributed by atoms with E-state index in [-0.39, 0.29) is 5.91 Å². The largest absolute Gasteiger partial charge is 0.325 e. The zero-order valence-electron chi connectivity index (χ0n) is 9.39. The summed E-state index contributed by atoms with van der Waals surface area (Å²) >= 11 is 8.01. The molecule has 1 amide bonds. The summed E-state index contributed by atoms with van der Waals surface area (Å²) in [6.07, 6.45) is 1.58. The van der Waals surface area contributed by atoms with Gasteiger partial charge in [-0.05, 0) is 46.7 Å². The molecule has 88 valence electrons. The van der Waals surface area contributed by atoms with Gasteiger partial charge in [0.05, 0.1) is 5.69 Å². The van der Waals surface area contributed by atoms with E-state index in [2.05, 4.69) is 41.8 Å². The standard InChI is InChI=1S/C12H15ClINO/c1-3-8(2)6-12(16)15-11-5-4-9(13)7-10(11)14/h4-5,7-8H,3,6H2,1-2H3,(H,15,16). The van der Waals surface area contributed by atoms with Crippen LogP contribution in [-0.4, -0.2) is 5.91 Å². The average molecular weight is 352 g/mol. The molecule has 1 N–H and O–H groups in total. The normalized spacial score (nSPS) is 12.2. The van der Waals surface area contributed by atoms with Gasteiger partial charge in [0.2, 0.25) is 5.91 Å². The molecular weight excluding hydrogens is 336 g/mol. The van der Waals surface area contributed by atoms with Gasteiger partial charge in [0.15, 0.2) is 0 Å². The van der Waals surface area contributed by atoms with Crippen LogP contribution in [0.3, 0.4) is 0 Å². The molecule has 0 saturated heterocycles. The highest BCUT2D eigenvalue weighted by atomic mass is 127. The van der Waals surface area contributed by atoms with E-state index >= 15 is 0 Å². The zero-order valence-corrected chi connectivity index (χ0v) is 12.3. The number of amides is 1. The van der Waals surface area contributed by atoms with Crippen LogP contribution in [0.4, 0.5) is 5.69 Å². The molecule has 0 aromatic heterocycles. The molecule has 0 radical (unpaired) electrons. The van der Waals surface area contributed by atoms with Crippen LogP contribution in [0.5, 0.6) is 0 Å². The number of hydrogen-bond donors (Lipinski definition) is 1. The van der Waals surface area contributed by atoms with Gasteiger partial charge >= 0.3 is 0 Å². The van der Waals surface area contributed by atoms with Crippen molar-refractivity contribution in [3.8, 4) is 0 Å². The number of carbonyl (C=O) groups is 1. The maximum Gasteiger partial charge on any atom is 0.224 e. The second-order valence-corrected chi connectivity index (χ2v) is 5.49. The van der Waals surface area contributed by atoms with Crippen molar-refractivity contribution < 1.29 is 4.79 Å². The second kappa shape index (κ2) is 6.45. The molecule has 0 aliphatic heterocycles. The minimum absolute atomic E-state index is 0.0644. The fourth-order valence-corrected chi connectivity index (χ4v) is 2.26. The third-order valence-electron chi connectivity index (χ3n) is 2.44. The molecule has 0 fully saturated rings. The topological polar surface area (TPSA) is 29.1 Å². The van der Waals surface area contributed by atoms with Crippen LogP contribution in [0.15, 0.2) is 18.2 Å². The van der Waals surface area contributed by atoms with E-state index in [1.165, 1.54) is 0 Å². The van der Waals surface area contributed by atoms with Crippen molar-refractivity contribution in [2.75, 3.05) is 5.32 Å². The van der Waals surface area contributed by atoms with Gasteiger partial charge in [-0.15, -0.1) is 0 Å². The summed E-state index contributed by atoms with van der Waals surface area (Å²) < 4.78 is 0.961. The molecule has 1 rings (SSSR count). The molecule has 0 aliphatic rings. The van der Waals surface area contributed by atoms with Crippen molar-refractivity contribution in [2.45, 2.75) is 26.7 Å². The molecule has 0 spiro atoms. The van der Waals surface area contributed by atoms with Crippen LogP contribution in [0, 0.1) is 9.49 Å². The van der Waals surface area contributed by atoms with Crippen molar-refractivity contribution in [2.24, 2.45) is 5.92 Å². The lowest BCUT2D eigenvalue weighted by molar-refractivity contribution is -0.117. The lowest BCUT2D eigenvalue weighted by atomic mass is 10.1.